The summed E-state index contributed by atoms with van der Waals surface area (Å²) in [6.45, 7) is 4.49. The van der Waals surface area contributed by atoms with Crippen LogP contribution in [0.3, 0.4) is 0 Å². The number of aromatic nitrogens is 2. The van der Waals surface area contributed by atoms with Crippen LogP contribution in [0, 0.1) is 0 Å². The van der Waals surface area contributed by atoms with Gasteiger partial charge in [-0.25, -0.2) is 4.98 Å². The minimum absolute atomic E-state index is 0.493. The third kappa shape index (κ3) is 2.05. The first-order chi connectivity index (χ1) is 8.77. The van der Waals surface area contributed by atoms with E-state index in [-0.39, 0.29) is 0 Å². The fraction of sp³-hybridized carbons (Fsp3) is 0.533. The van der Waals surface area contributed by atoms with Crippen LogP contribution in [0.2, 0.25) is 0 Å². The van der Waals surface area contributed by atoms with E-state index in [4.69, 9.17) is 4.98 Å². The summed E-state index contributed by atoms with van der Waals surface area (Å²) in [5.74, 6) is 4.32. The van der Waals surface area contributed by atoms with E-state index >= 15 is 0 Å². The molecule has 2 heterocycles. The van der Waals surface area contributed by atoms with Crippen LogP contribution >= 0.6 is 11.8 Å². The molecule has 1 saturated heterocycles. The Balaban J connectivity index is 2.14. The molecule has 0 amide bonds. The lowest BCUT2D eigenvalue weighted by molar-refractivity contribution is 0.457. The van der Waals surface area contributed by atoms with Crippen LogP contribution in [0.1, 0.15) is 44.5 Å². The number of thioether (sulfide) groups is 1. The van der Waals surface area contributed by atoms with Gasteiger partial charge >= 0.3 is 0 Å². The predicted octanol–water partition coefficient (Wildman–Crippen LogP) is 4.23. The number of imidazole rings is 1. The summed E-state index contributed by atoms with van der Waals surface area (Å²) in [7, 11) is 0. The minimum Gasteiger partial charge on any atom is -0.325 e. The van der Waals surface area contributed by atoms with Crippen molar-refractivity contribution < 1.29 is 0 Å². The summed E-state index contributed by atoms with van der Waals surface area (Å²) in [5, 5.41) is 0. The smallest absolute Gasteiger partial charge is 0.112 e. The maximum atomic E-state index is 4.84. The van der Waals surface area contributed by atoms with Gasteiger partial charge in [-0.2, -0.15) is 11.8 Å². The highest BCUT2D eigenvalue weighted by molar-refractivity contribution is 7.99. The molecule has 1 fully saturated rings. The van der Waals surface area contributed by atoms with E-state index in [1.807, 2.05) is 0 Å². The second-order valence-corrected chi connectivity index (χ2v) is 6.55. The first-order valence-electron chi connectivity index (χ1n) is 6.82. The van der Waals surface area contributed by atoms with Crippen molar-refractivity contribution in [3.8, 4) is 0 Å². The Hall–Kier alpha value is -0.960. The second-order valence-electron chi connectivity index (χ2n) is 5.33. The monoisotopic (exact) mass is 260 g/mol. The Kier molecular flexibility index (Phi) is 3.33. The molecule has 0 aliphatic carbocycles. The number of hydrogen-bond acceptors (Lipinski definition) is 2. The summed E-state index contributed by atoms with van der Waals surface area (Å²) in [5.41, 5.74) is 2.47. The lowest BCUT2D eigenvalue weighted by Crippen LogP contribution is -2.18. The minimum atomic E-state index is 0.493. The van der Waals surface area contributed by atoms with Crippen molar-refractivity contribution in [1.82, 2.24) is 9.55 Å². The molecule has 0 atom stereocenters. The van der Waals surface area contributed by atoms with Gasteiger partial charge in [-0.1, -0.05) is 26.0 Å². The molecule has 0 saturated carbocycles. The Morgan fingerprint density at radius 2 is 1.94 bits per heavy atom. The van der Waals surface area contributed by atoms with Gasteiger partial charge in [0.2, 0.25) is 0 Å². The molecular weight excluding hydrogens is 240 g/mol. The third-order valence-electron chi connectivity index (χ3n) is 3.70. The highest BCUT2D eigenvalue weighted by Gasteiger charge is 2.22. The maximum absolute atomic E-state index is 4.84. The summed E-state index contributed by atoms with van der Waals surface area (Å²) < 4.78 is 2.51. The Bertz CT molecular complexity index is 538. The number of para-hydroxylation sites is 2. The summed E-state index contributed by atoms with van der Waals surface area (Å²) in [4.78, 5) is 4.84. The van der Waals surface area contributed by atoms with Gasteiger partial charge in [0.15, 0.2) is 0 Å². The third-order valence-corrected chi connectivity index (χ3v) is 4.74. The fourth-order valence-corrected chi connectivity index (χ4v) is 3.88. The van der Waals surface area contributed by atoms with Crippen molar-refractivity contribution in [3.63, 3.8) is 0 Å². The van der Waals surface area contributed by atoms with Crippen LogP contribution in [0.25, 0.3) is 11.0 Å². The first kappa shape index (κ1) is 12.1. The normalized spacial score (nSPS) is 17.7. The predicted molar refractivity (Wildman–Crippen MR) is 79.4 cm³/mol. The van der Waals surface area contributed by atoms with Crippen molar-refractivity contribution in [1.29, 1.82) is 0 Å². The van der Waals surface area contributed by atoms with Crippen LogP contribution in [-0.4, -0.2) is 21.1 Å². The molecular formula is C15H20N2S. The van der Waals surface area contributed by atoms with E-state index < -0.39 is 0 Å². The standard InChI is InChI=1S/C15H20N2S/c1-11(2)15-16-13-5-3-4-6-14(13)17(15)12-7-9-18-10-8-12/h3-6,11-12H,7-10H2,1-2H3. The van der Waals surface area contributed by atoms with Gasteiger partial charge in [-0.3, -0.25) is 0 Å². The molecule has 2 aromatic rings. The molecule has 3 heteroatoms. The molecule has 96 valence electrons. The number of fused-ring (bicyclic) bond motifs is 1. The second kappa shape index (κ2) is 4.96. The Morgan fingerprint density at radius 3 is 2.67 bits per heavy atom. The number of hydrogen-bond donors (Lipinski definition) is 0. The van der Waals surface area contributed by atoms with Crippen molar-refractivity contribution in [2.75, 3.05) is 11.5 Å². The average Bonchev–Trinajstić information content (AvgIpc) is 2.79. The van der Waals surface area contributed by atoms with Crippen molar-refractivity contribution in [2.45, 2.75) is 38.6 Å². The highest BCUT2D eigenvalue weighted by Crippen LogP contribution is 2.33. The number of benzene rings is 1. The lowest BCUT2D eigenvalue weighted by Gasteiger charge is -2.26. The largest absolute Gasteiger partial charge is 0.325 e. The molecule has 2 nitrogen and oxygen atoms in total. The van der Waals surface area contributed by atoms with E-state index in [1.54, 1.807) is 0 Å². The SMILES string of the molecule is CC(C)c1nc2ccccc2n1C1CCSCC1. The van der Waals surface area contributed by atoms with Gasteiger partial charge in [-0.15, -0.1) is 0 Å². The molecule has 0 spiro atoms. The van der Waals surface area contributed by atoms with E-state index in [9.17, 15) is 0 Å². The first-order valence-corrected chi connectivity index (χ1v) is 7.97. The van der Waals surface area contributed by atoms with Crippen LogP contribution in [0.4, 0.5) is 0 Å². The van der Waals surface area contributed by atoms with Gasteiger partial charge in [0.1, 0.15) is 5.82 Å². The van der Waals surface area contributed by atoms with Gasteiger partial charge < -0.3 is 4.57 Å². The van der Waals surface area contributed by atoms with E-state index in [2.05, 4.69) is 54.4 Å². The maximum Gasteiger partial charge on any atom is 0.112 e. The molecule has 0 unspecified atom stereocenters. The fourth-order valence-electron chi connectivity index (χ4n) is 2.80. The molecule has 0 radical (unpaired) electrons. The van der Waals surface area contributed by atoms with Gasteiger partial charge in [-0.05, 0) is 36.5 Å². The van der Waals surface area contributed by atoms with E-state index in [0.717, 1.165) is 5.52 Å². The van der Waals surface area contributed by atoms with Crippen LogP contribution in [-0.2, 0) is 0 Å². The number of nitrogens with zero attached hydrogens (tertiary/aromatic N) is 2. The molecule has 0 bridgehead atoms. The molecule has 1 aliphatic rings. The van der Waals surface area contributed by atoms with Gasteiger partial charge in [0, 0.05) is 12.0 Å². The highest BCUT2D eigenvalue weighted by atomic mass is 32.2. The number of rotatable bonds is 2. The van der Waals surface area contributed by atoms with Crippen molar-refractivity contribution >= 4 is 22.8 Å². The molecule has 3 rings (SSSR count). The molecule has 1 aromatic carbocycles. The van der Waals surface area contributed by atoms with E-state index in [0.29, 0.717) is 12.0 Å². The zero-order chi connectivity index (χ0) is 12.5. The Morgan fingerprint density at radius 1 is 1.22 bits per heavy atom. The average molecular weight is 260 g/mol. The quantitative estimate of drug-likeness (QED) is 0.804. The van der Waals surface area contributed by atoms with Gasteiger partial charge in [0.05, 0.1) is 11.0 Å². The molecule has 1 aliphatic heterocycles. The van der Waals surface area contributed by atoms with Crippen LogP contribution < -0.4 is 0 Å². The topological polar surface area (TPSA) is 17.8 Å². The molecule has 1 aromatic heterocycles. The lowest BCUT2D eigenvalue weighted by atomic mass is 10.1. The zero-order valence-electron chi connectivity index (χ0n) is 11.1. The molecule has 18 heavy (non-hydrogen) atoms. The van der Waals surface area contributed by atoms with Crippen LogP contribution in [0.15, 0.2) is 24.3 Å². The van der Waals surface area contributed by atoms with Crippen molar-refractivity contribution in [3.05, 3.63) is 30.1 Å². The van der Waals surface area contributed by atoms with Crippen LogP contribution in [0.5, 0.6) is 0 Å². The van der Waals surface area contributed by atoms with Gasteiger partial charge in [0.25, 0.3) is 0 Å². The zero-order valence-corrected chi connectivity index (χ0v) is 11.9. The summed E-state index contributed by atoms with van der Waals surface area (Å²) in [6, 6.07) is 9.21. The molecule has 0 N–H and O–H groups in total. The summed E-state index contributed by atoms with van der Waals surface area (Å²) >= 11 is 2.08. The van der Waals surface area contributed by atoms with Crippen molar-refractivity contribution in [2.24, 2.45) is 0 Å². The summed E-state index contributed by atoms with van der Waals surface area (Å²) in [6.07, 6.45) is 2.56. The Labute approximate surface area is 113 Å². The van der Waals surface area contributed by atoms with E-state index in [1.165, 1.54) is 35.7 Å².